The maximum atomic E-state index is 11.9. The van der Waals surface area contributed by atoms with Gasteiger partial charge < -0.3 is 4.57 Å². The van der Waals surface area contributed by atoms with Crippen LogP contribution in [0.15, 0.2) is 0 Å². The Hall–Kier alpha value is 0.190. The van der Waals surface area contributed by atoms with E-state index in [1.54, 1.807) is 0 Å². The first-order valence-electron chi connectivity index (χ1n) is 4.66. The molecule has 0 radical (unpaired) electrons. The van der Waals surface area contributed by atoms with Gasteiger partial charge in [-0.25, -0.2) is 0 Å². The third-order valence-electron chi connectivity index (χ3n) is 1.92. The second-order valence-corrected chi connectivity index (χ2v) is 7.78. The van der Waals surface area contributed by atoms with Crippen molar-refractivity contribution in [3.05, 3.63) is 0 Å². The SMILES string of the molecule is CCP(=O)(CC)NCC(C)(C)C. The fourth-order valence-corrected chi connectivity index (χ4v) is 2.49. The minimum atomic E-state index is -2.03. The molecule has 0 aliphatic heterocycles. The number of hydrogen-bond donors (Lipinski definition) is 1. The summed E-state index contributed by atoms with van der Waals surface area (Å²) >= 11 is 0. The number of hydrogen-bond acceptors (Lipinski definition) is 1. The van der Waals surface area contributed by atoms with Crippen molar-refractivity contribution >= 4 is 7.29 Å². The van der Waals surface area contributed by atoms with Gasteiger partial charge in [0.15, 0.2) is 0 Å². The molecule has 1 N–H and O–H groups in total. The van der Waals surface area contributed by atoms with Crippen LogP contribution in [0.3, 0.4) is 0 Å². The van der Waals surface area contributed by atoms with Gasteiger partial charge in [0, 0.05) is 18.9 Å². The van der Waals surface area contributed by atoms with E-state index in [4.69, 9.17) is 0 Å². The minimum Gasteiger partial charge on any atom is -0.307 e. The summed E-state index contributed by atoms with van der Waals surface area (Å²) in [4.78, 5) is 0. The highest BCUT2D eigenvalue weighted by Gasteiger charge is 2.19. The van der Waals surface area contributed by atoms with E-state index in [2.05, 4.69) is 25.9 Å². The maximum Gasteiger partial charge on any atom is 0.147 e. The Bertz CT molecular complexity index is 164. The largest absolute Gasteiger partial charge is 0.307 e. The lowest BCUT2D eigenvalue weighted by Gasteiger charge is -2.23. The van der Waals surface area contributed by atoms with Crippen molar-refractivity contribution in [2.24, 2.45) is 5.41 Å². The Morgan fingerprint density at radius 1 is 1.17 bits per heavy atom. The standard InChI is InChI=1S/C9H22NOP/c1-6-12(11,7-2)10-8-9(3,4)5/h6-8H2,1-5H3,(H,10,11). The van der Waals surface area contributed by atoms with Crippen molar-refractivity contribution in [3.63, 3.8) is 0 Å². The average Bonchev–Trinajstić information content (AvgIpc) is 1.99. The molecular weight excluding hydrogens is 169 g/mol. The van der Waals surface area contributed by atoms with Gasteiger partial charge in [-0.2, -0.15) is 0 Å². The maximum absolute atomic E-state index is 11.9. The molecule has 3 heteroatoms. The van der Waals surface area contributed by atoms with Crippen LogP contribution in [0.5, 0.6) is 0 Å². The van der Waals surface area contributed by atoms with Crippen molar-refractivity contribution in [1.29, 1.82) is 0 Å². The first kappa shape index (κ1) is 12.2. The van der Waals surface area contributed by atoms with Crippen LogP contribution in [-0.2, 0) is 4.57 Å². The van der Waals surface area contributed by atoms with Crippen LogP contribution in [0.2, 0.25) is 0 Å². The van der Waals surface area contributed by atoms with Crippen LogP contribution < -0.4 is 5.09 Å². The third kappa shape index (κ3) is 4.95. The highest BCUT2D eigenvalue weighted by Crippen LogP contribution is 2.40. The monoisotopic (exact) mass is 191 g/mol. The molecule has 0 fully saturated rings. The molecule has 0 saturated heterocycles. The molecule has 0 aliphatic carbocycles. The van der Waals surface area contributed by atoms with Crippen LogP contribution >= 0.6 is 7.29 Å². The summed E-state index contributed by atoms with van der Waals surface area (Å²) < 4.78 is 11.9. The van der Waals surface area contributed by atoms with Gasteiger partial charge >= 0.3 is 0 Å². The van der Waals surface area contributed by atoms with Crippen LogP contribution in [0.1, 0.15) is 34.6 Å². The average molecular weight is 191 g/mol. The zero-order valence-electron chi connectivity index (χ0n) is 8.98. The summed E-state index contributed by atoms with van der Waals surface area (Å²) in [6.07, 6.45) is 1.53. The second kappa shape index (κ2) is 4.43. The molecule has 0 rings (SSSR count). The minimum absolute atomic E-state index is 0.222. The van der Waals surface area contributed by atoms with Crippen LogP contribution in [0.25, 0.3) is 0 Å². The van der Waals surface area contributed by atoms with Crippen molar-refractivity contribution in [1.82, 2.24) is 5.09 Å². The van der Waals surface area contributed by atoms with Gasteiger partial charge in [-0.3, -0.25) is 5.09 Å². The molecule has 0 aliphatic rings. The predicted octanol–water partition coefficient (Wildman–Crippen LogP) is 2.94. The third-order valence-corrected chi connectivity index (χ3v) is 4.70. The van der Waals surface area contributed by atoms with Crippen molar-refractivity contribution in [2.45, 2.75) is 34.6 Å². The molecule has 0 heterocycles. The van der Waals surface area contributed by atoms with Gasteiger partial charge in [-0.05, 0) is 5.41 Å². The molecule has 0 bridgehead atoms. The lowest BCUT2D eigenvalue weighted by molar-refractivity contribution is 0.407. The van der Waals surface area contributed by atoms with E-state index >= 15 is 0 Å². The molecular formula is C9H22NOP. The Labute approximate surface area is 76.6 Å². The predicted molar refractivity (Wildman–Crippen MR) is 56.1 cm³/mol. The van der Waals surface area contributed by atoms with E-state index in [1.807, 2.05) is 13.8 Å². The van der Waals surface area contributed by atoms with Crippen LogP contribution in [0.4, 0.5) is 0 Å². The Kier molecular flexibility index (Phi) is 4.50. The first-order valence-corrected chi connectivity index (χ1v) is 6.74. The Morgan fingerprint density at radius 2 is 1.58 bits per heavy atom. The summed E-state index contributed by atoms with van der Waals surface area (Å²) in [5.41, 5.74) is 0.222. The van der Waals surface area contributed by atoms with Crippen LogP contribution in [-0.4, -0.2) is 18.9 Å². The van der Waals surface area contributed by atoms with Gasteiger partial charge in [-0.1, -0.05) is 34.6 Å². The lowest BCUT2D eigenvalue weighted by atomic mass is 9.98. The molecule has 12 heavy (non-hydrogen) atoms. The zero-order valence-corrected chi connectivity index (χ0v) is 9.87. The normalized spacial score (nSPS) is 13.4. The molecule has 0 aromatic heterocycles. The zero-order chi connectivity index (χ0) is 9.83. The molecule has 2 nitrogen and oxygen atoms in total. The fraction of sp³-hybridized carbons (Fsp3) is 1.00. The van der Waals surface area contributed by atoms with Crippen molar-refractivity contribution < 1.29 is 4.57 Å². The number of nitrogens with one attached hydrogen (secondary N) is 1. The van der Waals surface area contributed by atoms with E-state index in [0.717, 1.165) is 18.9 Å². The van der Waals surface area contributed by atoms with Gasteiger partial charge in [0.1, 0.15) is 7.29 Å². The van der Waals surface area contributed by atoms with Gasteiger partial charge in [-0.15, -0.1) is 0 Å². The smallest absolute Gasteiger partial charge is 0.147 e. The second-order valence-electron chi connectivity index (χ2n) is 4.42. The molecule has 0 saturated carbocycles. The molecule has 74 valence electrons. The Morgan fingerprint density at radius 3 is 1.83 bits per heavy atom. The van der Waals surface area contributed by atoms with E-state index in [-0.39, 0.29) is 5.41 Å². The topological polar surface area (TPSA) is 29.1 Å². The van der Waals surface area contributed by atoms with Gasteiger partial charge in [0.2, 0.25) is 0 Å². The fourth-order valence-electron chi connectivity index (χ4n) is 0.828. The highest BCUT2D eigenvalue weighted by atomic mass is 31.2. The van der Waals surface area contributed by atoms with Gasteiger partial charge in [0.25, 0.3) is 0 Å². The number of rotatable bonds is 4. The van der Waals surface area contributed by atoms with Gasteiger partial charge in [0.05, 0.1) is 0 Å². The first-order chi connectivity index (χ1) is 5.33. The molecule has 0 amide bonds. The van der Waals surface area contributed by atoms with Crippen LogP contribution in [0, 0.1) is 5.41 Å². The summed E-state index contributed by atoms with van der Waals surface area (Å²) in [7, 11) is -2.03. The molecule has 0 unspecified atom stereocenters. The van der Waals surface area contributed by atoms with E-state index in [1.165, 1.54) is 0 Å². The van der Waals surface area contributed by atoms with Crippen molar-refractivity contribution in [2.75, 3.05) is 18.9 Å². The Balaban J connectivity index is 3.99. The van der Waals surface area contributed by atoms with E-state index < -0.39 is 7.29 Å². The molecule has 0 atom stereocenters. The molecule has 0 aromatic carbocycles. The lowest BCUT2D eigenvalue weighted by Crippen LogP contribution is -2.25. The van der Waals surface area contributed by atoms with E-state index in [9.17, 15) is 4.57 Å². The highest BCUT2D eigenvalue weighted by molar-refractivity contribution is 7.61. The quantitative estimate of drug-likeness (QED) is 0.692. The molecule has 0 spiro atoms. The summed E-state index contributed by atoms with van der Waals surface area (Å²) in [6.45, 7) is 11.3. The molecule has 0 aromatic rings. The summed E-state index contributed by atoms with van der Waals surface area (Å²) in [5, 5.41) is 3.19. The summed E-state index contributed by atoms with van der Waals surface area (Å²) in [5.74, 6) is 0. The van der Waals surface area contributed by atoms with E-state index in [0.29, 0.717) is 0 Å². The summed E-state index contributed by atoms with van der Waals surface area (Å²) in [6, 6.07) is 0. The van der Waals surface area contributed by atoms with Crippen molar-refractivity contribution in [3.8, 4) is 0 Å².